The molecule has 0 atom stereocenters. The highest BCUT2D eigenvalue weighted by molar-refractivity contribution is 5.89. The molecule has 32 heavy (non-hydrogen) atoms. The van der Waals surface area contributed by atoms with Crippen LogP contribution < -0.4 is 14.9 Å². The Morgan fingerprint density at radius 2 is 1.75 bits per heavy atom. The minimum absolute atomic E-state index is 0.0144. The first kappa shape index (κ1) is 21.4. The molecular weight excluding hydrogens is 418 g/mol. The van der Waals surface area contributed by atoms with E-state index in [0.717, 1.165) is 0 Å². The Balaban J connectivity index is 1.49. The van der Waals surface area contributed by atoms with E-state index < -0.39 is 12.1 Å². The second-order valence-corrected chi connectivity index (χ2v) is 6.90. The van der Waals surface area contributed by atoms with Crippen molar-refractivity contribution >= 4 is 23.0 Å². The third-order valence-electron chi connectivity index (χ3n) is 4.78. The summed E-state index contributed by atoms with van der Waals surface area (Å²) in [6.45, 7) is 3.87. The fourth-order valence-electron chi connectivity index (χ4n) is 3.14. The van der Waals surface area contributed by atoms with Crippen molar-refractivity contribution in [2.24, 2.45) is 0 Å². The minimum Gasteiger partial charge on any atom is -0.462 e. The second-order valence-electron chi connectivity index (χ2n) is 6.90. The summed E-state index contributed by atoms with van der Waals surface area (Å²) in [7, 11) is 0. The van der Waals surface area contributed by atoms with Gasteiger partial charge in [0.15, 0.2) is 0 Å². The number of benzene rings is 2. The maximum atomic E-state index is 12.8. The van der Waals surface area contributed by atoms with Crippen molar-refractivity contribution in [1.29, 1.82) is 0 Å². The molecule has 2 aromatic carbocycles. The Hall–Kier alpha value is -3.85. The molecule has 0 bridgehead atoms. The highest BCUT2D eigenvalue weighted by Crippen LogP contribution is 2.25. The molecule has 3 aromatic rings. The van der Waals surface area contributed by atoms with Crippen LogP contribution in [0.25, 0.3) is 11.0 Å². The quantitative estimate of drug-likeness (QED) is 0.556. The maximum absolute atomic E-state index is 12.8. The van der Waals surface area contributed by atoms with E-state index in [9.17, 15) is 14.4 Å². The van der Waals surface area contributed by atoms with Crippen molar-refractivity contribution in [1.82, 2.24) is 4.90 Å². The summed E-state index contributed by atoms with van der Waals surface area (Å²) in [6, 6.07) is 10.7. The number of esters is 1. The van der Waals surface area contributed by atoms with Crippen LogP contribution in [0.2, 0.25) is 0 Å². The average molecular weight is 439 g/mol. The fourth-order valence-corrected chi connectivity index (χ4v) is 3.14. The van der Waals surface area contributed by atoms with E-state index in [0.29, 0.717) is 37.6 Å². The van der Waals surface area contributed by atoms with Crippen LogP contribution in [0.5, 0.6) is 17.2 Å². The van der Waals surface area contributed by atoms with Crippen molar-refractivity contribution in [2.75, 3.05) is 32.9 Å². The van der Waals surface area contributed by atoms with Crippen LogP contribution in [-0.4, -0.2) is 49.9 Å². The Kier molecular flexibility index (Phi) is 6.37. The Labute approximate surface area is 183 Å². The molecular formula is C23H21NO8. The summed E-state index contributed by atoms with van der Waals surface area (Å²) in [5, 5.41) is 0.275. The molecule has 1 aromatic heterocycles. The lowest BCUT2D eigenvalue weighted by molar-refractivity contribution is 0.0416. The van der Waals surface area contributed by atoms with Gasteiger partial charge in [0.25, 0.3) is 0 Å². The van der Waals surface area contributed by atoms with Crippen molar-refractivity contribution < 1.29 is 33.0 Å². The van der Waals surface area contributed by atoms with Gasteiger partial charge in [0.2, 0.25) is 11.2 Å². The Morgan fingerprint density at radius 1 is 1.03 bits per heavy atom. The van der Waals surface area contributed by atoms with E-state index in [1.807, 2.05) is 0 Å². The average Bonchev–Trinajstić information content (AvgIpc) is 2.82. The van der Waals surface area contributed by atoms with Crippen molar-refractivity contribution in [3.8, 4) is 17.2 Å². The van der Waals surface area contributed by atoms with Crippen LogP contribution in [-0.2, 0) is 9.47 Å². The third-order valence-corrected chi connectivity index (χ3v) is 4.78. The van der Waals surface area contributed by atoms with E-state index in [2.05, 4.69) is 0 Å². The second kappa shape index (κ2) is 9.52. The first-order chi connectivity index (χ1) is 15.5. The van der Waals surface area contributed by atoms with Gasteiger partial charge in [-0.15, -0.1) is 0 Å². The molecule has 1 saturated heterocycles. The van der Waals surface area contributed by atoms with Gasteiger partial charge < -0.3 is 28.3 Å². The number of morpholine rings is 1. The van der Waals surface area contributed by atoms with Gasteiger partial charge in [0.05, 0.1) is 30.8 Å². The van der Waals surface area contributed by atoms with E-state index in [4.69, 9.17) is 23.4 Å². The predicted molar refractivity (Wildman–Crippen MR) is 113 cm³/mol. The molecule has 166 valence electrons. The van der Waals surface area contributed by atoms with E-state index in [1.165, 1.54) is 24.5 Å². The summed E-state index contributed by atoms with van der Waals surface area (Å²) in [5.41, 5.74) is 0.253. The van der Waals surface area contributed by atoms with Gasteiger partial charge in [0, 0.05) is 19.2 Å². The molecule has 1 amide bonds. The molecule has 0 spiro atoms. The van der Waals surface area contributed by atoms with Gasteiger partial charge in [-0.25, -0.2) is 9.59 Å². The Morgan fingerprint density at radius 3 is 2.47 bits per heavy atom. The van der Waals surface area contributed by atoms with Crippen molar-refractivity contribution in [3.05, 3.63) is 64.5 Å². The number of ether oxygens (including phenoxy) is 4. The molecule has 9 nitrogen and oxygen atoms in total. The molecule has 2 heterocycles. The SMILES string of the molecule is CCOC(=O)c1ccc(Oc2coc3cc(OC(=O)N4CCOCC4)ccc3c2=O)cc1. The molecule has 4 rings (SSSR count). The Bertz CT molecular complexity index is 1180. The highest BCUT2D eigenvalue weighted by Gasteiger charge is 2.19. The summed E-state index contributed by atoms with van der Waals surface area (Å²) >= 11 is 0. The van der Waals surface area contributed by atoms with Gasteiger partial charge in [-0.2, -0.15) is 0 Å². The third kappa shape index (κ3) is 4.73. The van der Waals surface area contributed by atoms with Crippen molar-refractivity contribution in [3.63, 3.8) is 0 Å². The molecule has 0 radical (unpaired) electrons. The molecule has 0 saturated carbocycles. The van der Waals surface area contributed by atoms with Crippen LogP contribution in [0.3, 0.4) is 0 Å². The number of rotatable bonds is 5. The molecule has 0 aliphatic carbocycles. The lowest BCUT2D eigenvalue weighted by Gasteiger charge is -2.25. The number of hydrogen-bond donors (Lipinski definition) is 0. The predicted octanol–water partition coefficient (Wildman–Crippen LogP) is 3.59. The molecule has 9 heteroatoms. The summed E-state index contributed by atoms with van der Waals surface area (Å²) in [5.74, 6) is 0.176. The van der Waals surface area contributed by atoms with E-state index in [1.54, 1.807) is 36.1 Å². The lowest BCUT2D eigenvalue weighted by Crippen LogP contribution is -2.42. The van der Waals surface area contributed by atoms with Crippen LogP contribution >= 0.6 is 0 Å². The largest absolute Gasteiger partial charge is 0.462 e. The number of hydrogen-bond acceptors (Lipinski definition) is 8. The summed E-state index contributed by atoms with van der Waals surface area (Å²) in [4.78, 5) is 38.3. The highest BCUT2D eigenvalue weighted by atomic mass is 16.6. The first-order valence-electron chi connectivity index (χ1n) is 10.1. The standard InChI is InChI=1S/C23H21NO8/c1-2-29-22(26)15-3-5-16(6-4-15)31-20-14-30-19-13-17(7-8-18(19)21(20)25)32-23(27)24-9-11-28-12-10-24/h3-8,13-14H,2,9-12H2,1H3. The van der Waals surface area contributed by atoms with E-state index in [-0.39, 0.29) is 34.5 Å². The number of fused-ring (bicyclic) bond motifs is 1. The van der Waals surface area contributed by atoms with Crippen molar-refractivity contribution in [2.45, 2.75) is 6.92 Å². The minimum atomic E-state index is -0.485. The van der Waals surface area contributed by atoms with Gasteiger partial charge in [-0.1, -0.05) is 0 Å². The normalized spacial score (nSPS) is 13.6. The maximum Gasteiger partial charge on any atom is 0.415 e. The number of amides is 1. The molecule has 1 aliphatic heterocycles. The number of carbonyl (C=O) groups is 2. The summed E-state index contributed by atoms with van der Waals surface area (Å²) in [6.07, 6.45) is 0.707. The first-order valence-corrected chi connectivity index (χ1v) is 10.1. The number of nitrogens with zero attached hydrogens (tertiary/aromatic N) is 1. The van der Waals surface area contributed by atoms with Gasteiger partial charge in [-0.05, 0) is 43.3 Å². The van der Waals surface area contributed by atoms with Crippen LogP contribution in [0.15, 0.2) is 57.9 Å². The van der Waals surface area contributed by atoms with Crippen LogP contribution in [0.1, 0.15) is 17.3 Å². The van der Waals surface area contributed by atoms with E-state index >= 15 is 0 Å². The smallest absolute Gasteiger partial charge is 0.415 e. The fraction of sp³-hybridized carbons (Fsp3) is 0.261. The molecule has 1 aliphatic rings. The zero-order valence-electron chi connectivity index (χ0n) is 17.4. The molecule has 0 N–H and O–H groups in total. The summed E-state index contributed by atoms with van der Waals surface area (Å²) < 4.78 is 26.7. The van der Waals surface area contributed by atoms with Crippen LogP contribution in [0, 0.1) is 0 Å². The number of carbonyl (C=O) groups excluding carboxylic acids is 2. The zero-order chi connectivity index (χ0) is 22.5. The molecule has 1 fully saturated rings. The monoisotopic (exact) mass is 439 g/mol. The zero-order valence-corrected chi connectivity index (χ0v) is 17.4. The van der Waals surface area contributed by atoms with Gasteiger partial charge >= 0.3 is 12.1 Å². The van der Waals surface area contributed by atoms with Gasteiger partial charge in [-0.3, -0.25) is 4.79 Å². The molecule has 0 unspecified atom stereocenters. The van der Waals surface area contributed by atoms with Gasteiger partial charge in [0.1, 0.15) is 23.3 Å². The van der Waals surface area contributed by atoms with Crippen LogP contribution in [0.4, 0.5) is 4.79 Å². The topological polar surface area (TPSA) is 105 Å². The lowest BCUT2D eigenvalue weighted by atomic mass is 10.2.